The van der Waals surface area contributed by atoms with Crippen molar-refractivity contribution in [3.8, 4) is 0 Å². The summed E-state index contributed by atoms with van der Waals surface area (Å²) in [5.41, 5.74) is 0.735. The van der Waals surface area contributed by atoms with Crippen LogP contribution in [0.5, 0.6) is 0 Å². The first kappa shape index (κ1) is 12.4. The molecule has 17 heavy (non-hydrogen) atoms. The highest BCUT2D eigenvalue weighted by Crippen LogP contribution is 2.14. The van der Waals surface area contributed by atoms with Gasteiger partial charge in [-0.05, 0) is 30.7 Å². The van der Waals surface area contributed by atoms with E-state index < -0.39 is 0 Å². The monoisotopic (exact) mass is 254 g/mol. The Morgan fingerprint density at radius 2 is 2.18 bits per heavy atom. The Bertz CT molecular complexity index is 394. The van der Waals surface area contributed by atoms with Crippen LogP contribution in [0, 0.1) is 0 Å². The zero-order valence-electron chi connectivity index (χ0n) is 9.40. The second-order valence-corrected chi connectivity index (χ2v) is 4.67. The fourth-order valence-electron chi connectivity index (χ4n) is 1.89. The fourth-order valence-corrected chi connectivity index (χ4v) is 2.02. The van der Waals surface area contributed by atoms with E-state index in [1.54, 1.807) is 24.3 Å². The predicted molar refractivity (Wildman–Crippen MR) is 67.1 cm³/mol. The zero-order chi connectivity index (χ0) is 12.3. The van der Waals surface area contributed by atoms with Gasteiger partial charge >= 0.3 is 0 Å². The second-order valence-electron chi connectivity index (χ2n) is 4.23. The number of carbonyl (C=O) groups excluding carboxylic acids is 1. The number of β-amino-alcohol motifs (C(OH)–C–C–N with tert-alkyl or cyclic N) is 1. The highest BCUT2D eigenvalue weighted by Gasteiger charge is 2.21. The van der Waals surface area contributed by atoms with Crippen molar-refractivity contribution in [3.05, 3.63) is 29.3 Å². The first-order valence-corrected chi connectivity index (χ1v) is 5.97. The van der Waals surface area contributed by atoms with Gasteiger partial charge in [-0.1, -0.05) is 11.6 Å². The highest BCUT2D eigenvalue weighted by atomic mass is 35.5. The van der Waals surface area contributed by atoms with E-state index in [9.17, 15) is 9.90 Å². The number of carbonyl (C=O) groups is 1. The number of hydrogen-bond donors (Lipinski definition) is 2. The third-order valence-corrected chi connectivity index (χ3v) is 2.99. The van der Waals surface area contributed by atoms with Gasteiger partial charge in [0.1, 0.15) is 0 Å². The molecule has 1 aliphatic heterocycles. The van der Waals surface area contributed by atoms with Gasteiger partial charge in [0.25, 0.3) is 0 Å². The smallest absolute Gasteiger partial charge is 0.238 e. The predicted octanol–water partition coefficient (Wildman–Crippen LogP) is 1.35. The number of nitrogens with zero attached hydrogens (tertiary/aromatic N) is 1. The van der Waals surface area contributed by atoms with E-state index in [1.807, 2.05) is 4.90 Å². The molecule has 5 heteroatoms. The minimum Gasteiger partial charge on any atom is -0.392 e. The molecule has 0 bridgehead atoms. The van der Waals surface area contributed by atoms with Gasteiger partial charge in [0, 0.05) is 23.8 Å². The van der Waals surface area contributed by atoms with Gasteiger partial charge in [-0.2, -0.15) is 0 Å². The third-order valence-electron chi connectivity index (χ3n) is 2.74. The summed E-state index contributed by atoms with van der Waals surface area (Å²) in [5, 5.41) is 12.8. The van der Waals surface area contributed by atoms with Crippen molar-refractivity contribution < 1.29 is 9.90 Å². The lowest BCUT2D eigenvalue weighted by molar-refractivity contribution is -0.117. The van der Waals surface area contributed by atoms with Crippen molar-refractivity contribution >= 4 is 23.2 Å². The van der Waals surface area contributed by atoms with Gasteiger partial charge in [-0.3, -0.25) is 9.69 Å². The standard InChI is InChI=1S/C12H15ClN2O2/c13-9-1-3-10(4-2-9)14-12(17)8-15-6-5-11(16)7-15/h1-4,11,16H,5-8H2,(H,14,17)/t11-/m0/s1. The van der Waals surface area contributed by atoms with Crippen LogP contribution in [0.25, 0.3) is 0 Å². The van der Waals surface area contributed by atoms with Crippen LogP contribution in [0.15, 0.2) is 24.3 Å². The maximum atomic E-state index is 11.7. The fraction of sp³-hybridized carbons (Fsp3) is 0.417. The Morgan fingerprint density at radius 3 is 2.76 bits per heavy atom. The minimum atomic E-state index is -0.293. The molecule has 0 unspecified atom stereocenters. The largest absolute Gasteiger partial charge is 0.392 e. The van der Waals surface area contributed by atoms with Crippen molar-refractivity contribution in [1.82, 2.24) is 4.90 Å². The first-order chi connectivity index (χ1) is 8.13. The molecule has 0 radical (unpaired) electrons. The quantitative estimate of drug-likeness (QED) is 0.856. The average molecular weight is 255 g/mol. The molecule has 2 rings (SSSR count). The summed E-state index contributed by atoms with van der Waals surface area (Å²) in [6.07, 6.45) is 0.451. The van der Waals surface area contributed by atoms with Gasteiger partial charge in [0.2, 0.25) is 5.91 Å². The summed E-state index contributed by atoms with van der Waals surface area (Å²) in [6, 6.07) is 6.99. The highest BCUT2D eigenvalue weighted by molar-refractivity contribution is 6.30. The molecule has 0 aliphatic carbocycles. The van der Waals surface area contributed by atoms with Crippen molar-refractivity contribution in [2.75, 3.05) is 25.0 Å². The maximum Gasteiger partial charge on any atom is 0.238 e. The Balaban J connectivity index is 1.83. The number of anilines is 1. The van der Waals surface area contributed by atoms with Crippen LogP contribution in [0.1, 0.15) is 6.42 Å². The molecule has 2 N–H and O–H groups in total. The molecular weight excluding hydrogens is 240 g/mol. The number of likely N-dealkylation sites (tertiary alicyclic amines) is 1. The van der Waals surface area contributed by atoms with Crippen molar-refractivity contribution in [2.24, 2.45) is 0 Å². The number of nitrogens with one attached hydrogen (secondary N) is 1. The number of rotatable bonds is 3. The molecule has 1 aromatic carbocycles. The van der Waals surface area contributed by atoms with E-state index in [4.69, 9.17) is 11.6 Å². The number of aliphatic hydroxyl groups is 1. The molecule has 0 saturated carbocycles. The van der Waals surface area contributed by atoms with Gasteiger partial charge < -0.3 is 10.4 Å². The molecule has 4 nitrogen and oxygen atoms in total. The molecule has 92 valence electrons. The van der Waals surface area contributed by atoms with Crippen LogP contribution in [0.4, 0.5) is 5.69 Å². The van der Waals surface area contributed by atoms with Crippen LogP contribution >= 0.6 is 11.6 Å². The van der Waals surface area contributed by atoms with Crippen molar-refractivity contribution in [3.63, 3.8) is 0 Å². The molecule has 1 saturated heterocycles. The van der Waals surface area contributed by atoms with Gasteiger partial charge in [0.15, 0.2) is 0 Å². The first-order valence-electron chi connectivity index (χ1n) is 5.59. The van der Waals surface area contributed by atoms with E-state index in [1.165, 1.54) is 0 Å². The zero-order valence-corrected chi connectivity index (χ0v) is 10.2. The van der Waals surface area contributed by atoms with Gasteiger partial charge in [-0.25, -0.2) is 0 Å². The van der Waals surface area contributed by atoms with E-state index in [0.717, 1.165) is 18.7 Å². The maximum absolute atomic E-state index is 11.7. The van der Waals surface area contributed by atoms with Crippen molar-refractivity contribution in [2.45, 2.75) is 12.5 Å². The molecule has 1 amide bonds. The SMILES string of the molecule is O=C(CN1CC[C@H](O)C1)Nc1ccc(Cl)cc1. The lowest BCUT2D eigenvalue weighted by Gasteiger charge is -2.14. The molecule has 0 aromatic heterocycles. The Kier molecular flexibility index (Phi) is 3.99. The normalized spacial score (nSPS) is 20.5. The summed E-state index contributed by atoms with van der Waals surface area (Å²) in [5.74, 6) is -0.0681. The molecule has 0 spiro atoms. The van der Waals surface area contributed by atoms with Crippen LogP contribution < -0.4 is 5.32 Å². The number of aliphatic hydroxyl groups excluding tert-OH is 1. The number of hydrogen-bond acceptors (Lipinski definition) is 3. The molecule has 1 aliphatic rings. The van der Waals surface area contributed by atoms with Gasteiger partial charge in [-0.15, -0.1) is 0 Å². The molecule has 1 aromatic rings. The van der Waals surface area contributed by atoms with Crippen LogP contribution in [-0.2, 0) is 4.79 Å². The Hall–Kier alpha value is -1.10. The Labute approximate surface area is 105 Å². The number of benzene rings is 1. The number of halogens is 1. The van der Waals surface area contributed by atoms with E-state index in [-0.39, 0.29) is 12.0 Å². The van der Waals surface area contributed by atoms with Gasteiger partial charge in [0.05, 0.1) is 12.6 Å². The summed E-state index contributed by atoms with van der Waals surface area (Å²) in [4.78, 5) is 13.6. The lowest BCUT2D eigenvalue weighted by Crippen LogP contribution is -2.32. The third kappa shape index (κ3) is 3.70. The summed E-state index contributed by atoms with van der Waals surface area (Å²) >= 11 is 5.75. The summed E-state index contributed by atoms with van der Waals surface area (Å²) in [7, 11) is 0. The Morgan fingerprint density at radius 1 is 1.47 bits per heavy atom. The topological polar surface area (TPSA) is 52.6 Å². The van der Waals surface area contributed by atoms with E-state index in [2.05, 4.69) is 5.32 Å². The molecular formula is C12H15ClN2O2. The second kappa shape index (κ2) is 5.49. The minimum absolute atomic E-state index is 0.0681. The molecule has 1 heterocycles. The number of amides is 1. The van der Waals surface area contributed by atoms with Crippen LogP contribution in [-0.4, -0.2) is 41.7 Å². The van der Waals surface area contributed by atoms with E-state index in [0.29, 0.717) is 18.1 Å². The van der Waals surface area contributed by atoms with Crippen LogP contribution in [0.3, 0.4) is 0 Å². The molecule has 1 atom stereocenters. The van der Waals surface area contributed by atoms with Crippen molar-refractivity contribution in [1.29, 1.82) is 0 Å². The molecule has 1 fully saturated rings. The van der Waals surface area contributed by atoms with E-state index >= 15 is 0 Å². The summed E-state index contributed by atoms with van der Waals surface area (Å²) < 4.78 is 0. The van der Waals surface area contributed by atoms with Crippen LogP contribution in [0.2, 0.25) is 5.02 Å². The summed E-state index contributed by atoms with van der Waals surface area (Å²) in [6.45, 7) is 1.67. The average Bonchev–Trinajstić information content (AvgIpc) is 2.67. The lowest BCUT2D eigenvalue weighted by atomic mass is 10.3.